The number of carbonyl (C=O) groups is 1. The van der Waals surface area contributed by atoms with Gasteiger partial charge in [0.15, 0.2) is 5.78 Å². The number of fused-ring (bicyclic) bond motifs is 1. The van der Waals surface area contributed by atoms with Crippen molar-refractivity contribution in [3.63, 3.8) is 0 Å². The van der Waals surface area contributed by atoms with Crippen LogP contribution in [-0.2, 0) is 0 Å². The van der Waals surface area contributed by atoms with Crippen molar-refractivity contribution < 1.29 is 4.79 Å². The van der Waals surface area contributed by atoms with E-state index < -0.39 is 0 Å². The molecule has 19 heavy (non-hydrogen) atoms. The number of ketones is 1. The summed E-state index contributed by atoms with van der Waals surface area (Å²) in [4.78, 5) is 12.6. The van der Waals surface area contributed by atoms with E-state index in [0.29, 0.717) is 10.6 Å². The molecule has 0 amide bonds. The van der Waals surface area contributed by atoms with Crippen molar-refractivity contribution in [2.75, 3.05) is 0 Å². The van der Waals surface area contributed by atoms with Crippen molar-refractivity contribution in [2.24, 2.45) is 0 Å². The first kappa shape index (κ1) is 12.9. The number of thiophene rings is 1. The van der Waals surface area contributed by atoms with E-state index in [1.165, 1.54) is 0 Å². The SMILES string of the molecule is O=C(c1ccc(Cl)cc1Br)c1cccc2ccsc12. The van der Waals surface area contributed by atoms with E-state index in [4.69, 9.17) is 11.6 Å². The van der Waals surface area contributed by atoms with Gasteiger partial charge in [-0.1, -0.05) is 23.7 Å². The Balaban J connectivity index is 2.16. The third kappa shape index (κ3) is 2.34. The average molecular weight is 352 g/mol. The van der Waals surface area contributed by atoms with Gasteiger partial charge in [0.25, 0.3) is 0 Å². The lowest BCUT2D eigenvalue weighted by Crippen LogP contribution is -2.02. The maximum absolute atomic E-state index is 12.6. The van der Waals surface area contributed by atoms with Gasteiger partial charge in [-0.15, -0.1) is 11.3 Å². The highest BCUT2D eigenvalue weighted by molar-refractivity contribution is 9.10. The third-order valence-corrected chi connectivity index (χ3v) is 4.75. The molecule has 0 aliphatic heterocycles. The van der Waals surface area contributed by atoms with Crippen molar-refractivity contribution in [3.05, 3.63) is 68.5 Å². The summed E-state index contributed by atoms with van der Waals surface area (Å²) in [5.41, 5.74) is 1.36. The van der Waals surface area contributed by atoms with Crippen LogP contribution in [0.3, 0.4) is 0 Å². The molecule has 1 nitrogen and oxygen atoms in total. The van der Waals surface area contributed by atoms with Crippen LogP contribution in [0.1, 0.15) is 15.9 Å². The van der Waals surface area contributed by atoms with Gasteiger partial charge in [-0.25, -0.2) is 0 Å². The predicted octanol–water partition coefficient (Wildman–Crippen LogP) is 5.55. The van der Waals surface area contributed by atoms with Crippen LogP contribution in [0.5, 0.6) is 0 Å². The van der Waals surface area contributed by atoms with Gasteiger partial charge in [0.05, 0.1) is 0 Å². The summed E-state index contributed by atoms with van der Waals surface area (Å²) in [6.45, 7) is 0. The third-order valence-electron chi connectivity index (χ3n) is 2.90. The van der Waals surface area contributed by atoms with E-state index >= 15 is 0 Å². The fourth-order valence-electron chi connectivity index (χ4n) is 1.99. The molecule has 0 atom stereocenters. The van der Waals surface area contributed by atoms with Crippen molar-refractivity contribution >= 4 is 54.7 Å². The van der Waals surface area contributed by atoms with Gasteiger partial charge in [0, 0.05) is 25.3 Å². The van der Waals surface area contributed by atoms with Gasteiger partial charge in [0.2, 0.25) is 0 Å². The number of rotatable bonds is 2. The van der Waals surface area contributed by atoms with Gasteiger partial charge in [-0.2, -0.15) is 0 Å². The Morgan fingerprint density at radius 3 is 2.74 bits per heavy atom. The number of hydrogen-bond acceptors (Lipinski definition) is 2. The molecule has 3 aromatic rings. The first-order valence-corrected chi connectivity index (χ1v) is 7.68. The van der Waals surface area contributed by atoms with Crippen LogP contribution in [0.25, 0.3) is 10.1 Å². The molecule has 0 spiro atoms. The van der Waals surface area contributed by atoms with Gasteiger partial charge in [-0.3, -0.25) is 4.79 Å². The zero-order chi connectivity index (χ0) is 13.4. The molecule has 2 aromatic carbocycles. The molecular weight excluding hydrogens is 344 g/mol. The van der Waals surface area contributed by atoms with Crippen molar-refractivity contribution in [1.29, 1.82) is 0 Å². The van der Waals surface area contributed by atoms with Crippen molar-refractivity contribution in [1.82, 2.24) is 0 Å². The Morgan fingerprint density at radius 2 is 1.95 bits per heavy atom. The largest absolute Gasteiger partial charge is 0.289 e. The smallest absolute Gasteiger partial charge is 0.195 e. The normalized spacial score (nSPS) is 10.8. The van der Waals surface area contributed by atoms with Crippen LogP contribution in [0.15, 0.2) is 52.3 Å². The fraction of sp³-hybridized carbons (Fsp3) is 0. The standard InChI is InChI=1S/C15H8BrClOS/c16-13-8-10(17)4-5-11(13)14(18)12-3-1-2-9-6-7-19-15(9)12/h1-8H. The molecule has 0 fully saturated rings. The van der Waals surface area contributed by atoms with Gasteiger partial charge < -0.3 is 0 Å². The average Bonchev–Trinajstić information content (AvgIpc) is 2.86. The number of halogens is 2. The Morgan fingerprint density at radius 1 is 1.11 bits per heavy atom. The summed E-state index contributed by atoms with van der Waals surface area (Å²) < 4.78 is 1.74. The monoisotopic (exact) mass is 350 g/mol. The topological polar surface area (TPSA) is 17.1 Å². The van der Waals surface area contributed by atoms with Gasteiger partial charge in [-0.05, 0) is 57.0 Å². The minimum Gasteiger partial charge on any atom is -0.289 e. The molecule has 0 N–H and O–H groups in total. The van der Waals surface area contributed by atoms with E-state index in [2.05, 4.69) is 15.9 Å². The minimum absolute atomic E-state index is 0.0107. The van der Waals surface area contributed by atoms with E-state index in [-0.39, 0.29) is 5.78 Å². The summed E-state index contributed by atoms with van der Waals surface area (Å²) in [7, 11) is 0. The molecule has 0 saturated carbocycles. The predicted molar refractivity (Wildman–Crippen MR) is 84.4 cm³/mol. The van der Waals surface area contributed by atoms with Crippen molar-refractivity contribution in [2.45, 2.75) is 0 Å². The zero-order valence-electron chi connectivity index (χ0n) is 9.69. The van der Waals surface area contributed by atoms with E-state index in [1.807, 2.05) is 29.6 Å². The fourth-order valence-corrected chi connectivity index (χ4v) is 3.76. The molecular formula is C15H8BrClOS. The van der Waals surface area contributed by atoms with Crippen LogP contribution in [0.4, 0.5) is 0 Å². The summed E-state index contributed by atoms with van der Waals surface area (Å²) in [5.74, 6) is 0.0107. The quantitative estimate of drug-likeness (QED) is 0.553. The Labute approximate surface area is 128 Å². The lowest BCUT2D eigenvalue weighted by Gasteiger charge is -2.05. The second-order valence-electron chi connectivity index (χ2n) is 4.10. The number of hydrogen-bond donors (Lipinski definition) is 0. The molecule has 0 saturated heterocycles. The lowest BCUT2D eigenvalue weighted by atomic mass is 10.0. The van der Waals surface area contributed by atoms with Crippen LogP contribution in [-0.4, -0.2) is 5.78 Å². The summed E-state index contributed by atoms with van der Waals surface area (Å²) >= 11 is 10.9. The molecule has 0 bridgehead atoms. The molecule has 0 unspecified atom stereocenters. The Kier molecular flexibility index (Phi) is 3.44. The van der Waals surface area contributed by atoms with Crippen LogP contribution in [0, 0.1) is 0 Å². The highest BCUT2D eigenvalue weighted by Crippen LogP contribution is 2.29. The second-order valence-corrected chi connectivity index (χ2v) is 6.30. The second kappa shape index (κ2) is 5.08. The first-order chi connectivity index (χ1) is 9.16. The Hall–Kier alpha value is -1.16. The molecule has 0 aliphatic rings. The van der Waals surface area contributed by atoms with Gasteiger partial charge >= 0.3 is 0 Å². The highest BCUT2D eigenvalue weighted by Gasteiger charge is 2.15. The molecule has 3 rings (SSSR count). The number of benzene rings is 2. The van der Waals surface area contributed by atoms with E-state index in [1.54, 1.807) is 29.5 Å². The molecule has 4 heteroatoms. The van der Waals surface area contributed by atoms with Crippen molar-refractivity contribution in [3.8, 4) is 0 Å². The lowest BCUT2D eigenvalue weighted by molar-refractivity contribution is 0.103. The molecule has 1 heterocycles. The van der Waals surface area contributed by atoms with Crippen LogP contribution >= 0.6 is 38.9 Å². The summed E-state index contributed by atoms with van der Waals surface area (Å²) in [6, 6.07) is 13.0. The Bertz CT molecular complexity index is 779. The van der Waals surface area contributed by atoms with Crippen LogP contribution < -0.4 is 0 Å². The first-order valence-electron chi connectivity index (χ1n) is 5.63. The summed E-state index contributed by atoms with van der Waals surface area (Å²) in [6.07, 6.45) is 0. The summed E-state index contributed by atoms with van der Waals surface area (Å²) in [5, 5.41) is 3.71. The molecule has 1 aromatic heterocycles. The molecule has 0 radical (unpaired) electrons. The van der Waals surface area contributed by atoms with Gasteiger partial charge in [0.1, 0.15) is 0 Å². The van der Waals surface area contributed by atoms with E-state index in [0.717, 1.165) is 20.1 Å². The van der Waals surface area contributed by atoms with Crippen LogP contribution in [0.2, 0.25) is 5.02 Å². The van der Waals surface area contributed by atoms with E-state index in [9.17, 15) is 4.79 Å². The zero-order valence-corrected chi connectivity index (χ0v) is 12.8. The maximum Gasteiger partial charge on any atom is 0.195 e. The minimum atomic E-state index is 0.0107. The number of carbonyl (C=O) groups excluding carboxylic acids is 1. The molecule has 94 valence electrons. The molecule has 0 aliphatic carbocycles. The highest BCUT2D eigenvalue weighted by atomic mass is 79.9. The maximum atomic E-state index is 12.6.